The molecule has 0 spiro atoms. The minimum absolute atomic E-state index is 0.155. The van der Waals surface area contributed by atoms with Crippen molar-refractivity contribution in [3.8, 4) is 11.4 Å². The summed E-state index contributed by atoms with van der Waals surface area (Å²) in [5, 5.41) is 4.29. The van der Waals surface area contributed by atoms with Gasteiger partial charge in [0.25, 0.3) is 11.5 Å². The Morgan fingerprint density at radius 2 is 1.79 bits per heavy atom. The van der Waals surface area contributed by atoms with Gasteiger partial charge < -0.3 is 9.64 Å². The van der Waals surface area contributed by atoms with Crippen molar-refractivity contribution >= 4 is 5.91 Å². The molecule has 1 heterocycles. The highest BCUT2D eigenvalue weighted by Gasteiger charge is 2.22. The second kappa shape index (κ2) is 8.29. The van der Waals surface area contributed by atoms with Gasteiger partial charge in [0.05, 0.1) is 18.9 Å². The molecule has 0 unspecified atom stereocenters. The summed E-state index contributed by atoms with van der Waals surface area (Å²) < 4.78 is 6.45. The molecular weight excluding hydrogens is 306 g/mol. The summed E-state index contributed by atoms with van der Waals surface area (Å²) in [5.41, 5.74) is 0.423. The molecule has 1 aromatic heterocycles. The Bertz CT molecular complexity index is 735. The SMILES string of the molecule is CCCN(CCC)C(=O)c1nn(-c2ccccc2)c(=O)cc1OC. The van der Waals surface area contributed by atoms with Crippen LogP contribution in [0, 0.1) is 0 Å². The third-order valence-electron chi connectivity index (χ3n) is 3.59. The Labute approximate surface area is 141 Å². The number of hydrogen-bond donors (Lipinski definition) is 0. The van der Waals surface area contributed by atoms with Gasteiger partial charge in [0.1, 0.15) is 0 Å². The number of rotatable bonds is 7. The molecule has 0 N–H and O–H groups in total. The molecule has 2 rings (SSSR count). The van der Waals surface area contributed by atoms with Gasteiger partial charge in [-0.3, -0.25) is 9.59 Å². The molecular formula is C18H23N3O3. The van der Waals surface area contributed by atoms with E-state index in [9.17, 15) is 9.59 Å². The number of hydrogen-bond acceptors (Lipinski definition) is 4. The van der Waals surface area contributed by atoms with E-state index >= 15 is 0 Å². The van der Waals surface area contributed by atoms with Crippen LogP contribution in [0.3, 0.4) is 0 Å². The van der Waals surface area contributed by atoms with E-state index in [4.69, 9.17) is 4.74 Å². The summed E-state index contributed by atoms with van der Waals surface area (Å²) in [7, 11) is 1.43. The fraction of sp³-hybridized carbons (Fsp3) is 0.389. The van der Waals surface area contributed by atoms with Gasteiger partial charge in [-0.25, -0.2) is 0 Å². The predicted octanol–water partition coefficient (Wildman–Crippen LogP) is 2.50. The van der Waals surface area contributed by atoms with Crippen LogP contribution in [0.25, 0.3) is 5.69 Å². The molecule has 0 fully saturated rings. The van der Waals surface area contributed by atoms with Crippen LogP contribution in [0.5, 0.6) is 5.75 Å². The Balaban J connectivity index is 2.52. The van der Waals surface area contributed by atoms with Crippen molar-refractivity contribution in [3.05, 3.63) is 52.4 Å². The van der Waals surface area contributed by atoms with Gasteiger partial charge in [-0.05, 0) is 25.0 Å². The van der Waals surface area contributed by atoms with Crippen LogP contribution in [0.15, 0.2) is 41.2 Å². The Morgan fingerprint density at radius 1 is 1.17 bits per heavy atom. The van der Waals surface area contributed by atoms with Crippen LogP contribution in [-0.4, -0.2) is 40.8 Å². The maximum absolute atomic E-state index is 12.9. The number of methoxy groups -OCH3 is 1. The van der Waals surface area contributed by atoms with E-state index in [-0.39, 0.29) is 22.9 Å². The first-order valence-corrected chi connectivity index (χ1v) is 8.15. The Hall–Kier alpha value is -2.63. The number of nitrogens with zero attached hydrogens (tertiary/aromatic N) is 3. The topological polar surface area (TPSA) is 64.4 Å². The first kappa shape index (κ1) is 17.7. The molecule has 1 aromatic carbocycles. The molecule has 6 heteroatoms. The van der Waals surface area contributed by atoms with Crippen LogP contribution in [0.2, 0.25) is 0 Å². The van der Waals surface area contributed by atoms with E-state index in [1.807, 2.05) is 32.0 Å². The van der Waals surface area contributed by atoms with E-state index in [1.54, 1.807) is 17.0 Å². The fourth-order valence-corrected chi connectivity index (χ4v) is 2.50. The second-order valence-corrected chi connectivity index (χ2v) is 5.44. The van der Waals surface area contributed by atoms with E-state index in [2.05, 4.69) is 5.10 Å². The number of carbonyl (C=O) groups is 1. The lowest BCUT2D eigenvalue weighted by molar-refractivity contribution is 0.0743. The lowest BCUT2D eigenvalue weighted by Crippen LogP contribution is -2.35. The largest absolute Gasteiger partial charge is 0.494 e. The van der Waals surface area contributed by atoms with E-state index in [0.29, 0.717) is 18.8 Å². The lowest BCUT2D eigenvalue weighted by Gasteiger charge is -2.22. The Kier molecular flexibility index (Phi) is 6.12. The quantitative estimate of drug-likeness (QED) is 0.783. The molecule has 6 nitrogen and oxygen atoms in total. The molecule has 24 heavy (non-hydrogen) atoms. The molecule has 0 saturated heterocycles. The van der Waals surface area contributed by atoms with E-state index in [1.165, 1.54) is 17.9 Å². The molecule has 0 atom stereocenters. The van der Waals surface area contributed by atoms with Gasteiger partial charge in [0, 0.05) is 13.1 Å². The zero-order valence-corrected chi connectivity index (χ0v) is 14.4. The maximum Gasteiger partial charge on any atom is 0.278 e. The van der Waals surface area contributed by atoms with Crippen LogP contribution >= 0.6 is 0 Å². The minimum Gasteiger partial charge on any atom is -0.494 e. The van der Waals surface area contributed by atoms with Crippen molar-refractivity contribution in [3.63, 3.8) is 0 Å². The molecule has 0 bridgehead atoms. The zero-order valence-electron chi connectivity index (χ0n) is 14.4. The van der Waals surface area contributed by atoms with Crippen molar-refractivity contribution in [1.82, 2.24) is 14.7 Å². The average molecular weight is 329 g/mol. The van der Waals surface area contributed by atoms with Gasteiger partial charge in [0.15, 0.2) is 11.4 Å². The van der Waals surface area contributed by atoms with Crippen molar-refractivity contribution in [2.45, 2.75) is 26.7 Å². The molecule has 0 aliphatic rings. The highest BCUT2D eigenvalue weighted by molar-refractivity contribution is 5.94. The van der Waals surface area contributed by atoms with Crippen molar-refractivity contribution in [2.24, 2.45) is 0 Å². The smallest absolute Gasteiger partial charge is 0.278 e. The van der Waals surface area contributed by atoms with Crippen LogP contribution < -0.4 is 10.3 Å². The van der Waals surface area contributed by atoms with Gasteiger partial charge in [-0.1, -0.05) is 32.0 Å². The molecule has 0 aliphatic heterocycles. The van der Waals surface area contributed by atoms with Gasteiger partial charge >= 0.3 is 0 Å². The molecule has 0 aliphatic carbocycles. The summed E-state index contributed by atoms with van der Waals surface area (Å²) in [6.07, 6.45) is 1.71. The monoisotopic (exact) mass is 329 g/mol. The van der Waals surface area contributed by atoms with Crippen LogP contribution in [0.4, 0.5) is 0 Å². The third-order valence-corrected chi connectivity index (χ3v) is 3.59. The predicted molar refractivity (Wildman–Crippen MR) is 92.9 cm³/mol. The summed E-state index contributed by atoms with van der Waals surface area (Å²) in [6.45, 7) is 5.32. The second-order valence-electron chi connectivity index (χ2n) is 5.44. The number of aromatic nitrogens is 2. The van der Waals surface area contributed by atoms with Crippen LogP contribution in [-0.2, 0) is 0 Å². The van der Waals surface area contributed by atoms with Gasteiger partial charge in [-0.2, -0.15) is 9.78 Å². The molecule has 0 radical (unpaired) electrons. The summed E-state index contributed by atoms with van der Waals surface area (Å²) in [4.78, 5) is 26.9. The minimum atomic E-state index is -0.341. The molecule has 2 aromatic rings. The zero-order chi connectivity index (χ0) is 17.5. The van der Waals surface area contributed by atoms with E-state index in [0.717, 1.165) is 12.8 Å². The molecule has 0 saturated carbocycles. The lowest BCUT2D eigenvalue weighted by atomic mass is 10.2. The highest BCUT2D eigenvalue weighted by Crippen LogP contribution is 2.17. The normalized spacial score (nSPS) is 10.5. The maximum atomic E-state index is 12.9. The number of ether oxygens (including phenoxy) is 1. The van der Waals surface area contributed by atoms with Crippen LogP contribution in [0.1, 0.15) is 37.2 Å². The van der Waals surface area contributed by atoms with Gasteiger partial charge in [-0.15, -0.1) is 0 Å². The van der Waals surface area contributed by atoms with Gasteiger partial charge in [0.2, 0.25) is 0 Å². The number of carbonyl (C=O) groups excluding carboxylic acids is 1. The standard InChI is InChI=1S/C18H23N3O3/c1-4-11-20(12-5-2)18(23)17-15(24-3)13-16(22)21(19-17)14-9-7-6-8-10-14/h6-10,13H,4-5,11-12H2,1-3H3. The highest BCUT2D eigenvalue weighted by atomic mass is 16.5. The summed E-state index contributed by atoms with van der Waals surface area (Å²) >= 11 is 0. The molecule has 128 valence electrons. The summed E-state index contributed by atoms with van der Waals surface area (Å²) in [5.74, 6) is -0.0189. The average Bonchev–Trinajstić information content (AvgIpc) is 2.61. The fourth-order valence-electron chi connectivity index (χ4n) is 2.50. The number of amides is 1. The molecule has 1 amide bonds. The van der Waals surface area contributed by atoms with Crippen molar-refractivity contribution in [2.75, 3.05) is 20.2 Å². The first-order chi connectivity index (χ1) is 11.6. The number of para-hydroxylation sites is 1. The number of benzene rings is 1. The summed E-state index contributed by atoms with van der Waals surface area (Å²) in [6, 6.07) is 10.3. The first-order valence-electron chi connectivity index (χ1n) is 8.15. The van der Waals surface area contributed by atoms with Crippen molar-refractivity contribution < 1.29 is 9.53 Å². The van der Waals surface area contributed by atoms with E-state index < -0.39 is 0 Å². The Morgan fingerprint density at radius 3 is 2.33 bits per heavy atom. The third kappa shape index (κ3) is 3.82. The van der Waals surface area contributed by atoms with Crippen molar-refractivity contribution in [1.29, 1.82) is 0 Å².